The lowest BCUT2D eigenvalue weighted by molar-refractivity contribution is 0.172. The fourth-order valence-corrected chi connectivity index (χ4v) is 0.835. The Bertz CT molecular complexity index is 133. The van der Waals surface area contributed by atoms with Crippen LogP contribution in [0, 0.1) is 11.8 Å². The summed E-state index contributed by atoms with van der Waals surface area (Å²) >= 11 is 5.54. The Balaban J connectivity index is 2.55. The van der Waals surface area contributed by atoms with Gasteiger partial charge in [-0.1, -0.05) is 5.92 Å². The quantitative estimate of drug-likeness (QED) is 0.379. The molecule has 2 unspecified atom stereocenters. The fraction of sp³-hybridized carbons (Fsp3) is 0.667. The average Bonchev–Trinajstić information content (AvgIpc) is 1.77. The van der Waals surface area contributed by atoms with Gasteiger partial charge < -0.3 is 5.11 Å². The molecule has 0 aromatic carbocycles. The maximum absolute atomic E-state index is 8.94. The zero-order chi connectivity index (χ0) is 5.98. The topological polar surface area (TPSA) is 20.2 Å². The molecule has 1 rings (SSSR count). The zero-order valence-corrected chi connectivity index (χ0v) is 5.15. The Morgan fingerprint density at radius 2 is 2.38 bits per heavy atom. The lowest BCUT2D eigenvalue weighted by Gasteiger charge is -2.12. The summed E-state index contributed by atoms with van der Waals surface area (Å²) in [4.78, 5) is 0. The van der Waals surface area contributed by atoms with E-state index < -0.39 is 6.10 Å². The van der Waals surface area contributed by atoms with Gasteiger partial charge in [0.2, 0.25) is 0 Å². The molecule has 0 aliphatic heterocycles. The first-order chi connectivity index (χ1) is 3.80. The van der Waals surface area contributed by atoms with Gasteiger partial charge in [-0.15, -0.1) is 17.5 Å². The molecule has 0 fully saturated rings. The maximum Gasteiger partial charge on any atom is 0.120 e. The monoisotopic (exact) mass is 130 g/mol. The smallest absolute Gasteiger partial charge is 0.120 e. The molecule has 1 nitrogen and oxygen atoms in total. The summed E-state index contributed by atoms with van der Waals surface area (Å²) in [6.45, 7) is 0. The van der Waals surface area contributed by atoms with E-state index in [1.54, 1.807) is 0 Å². The first-order valence-corrected chi connectivity index (χ1v) is 3.05. The van der Waals surface area contributed by atoms with E-state index in [9.17, 15) is 0 Å². The molecule has 8 heavy (non-hydrogen) atoms. The molecule has 0 heterocycles. The summed E-state index contributed by atoms with van der Waals surface area (Å²) in [6.07, 6.45) is 1.10. The predicted octanol–water partition coefficient (Wildman–Crippen LogP) is 0.752. The second kappa shape index (κ2) is 2.39. The Morgan fingerprint density at radius 1 is 1.62 bits per heavy atom. The normalized spacial score (nSPS) is 35.8. The van der Waals surface area contributed by atoms with E-state index >= 15 is 0 Å². The molecule has 0 saturated carbocycles. The predicted molar refractivity (Wildman–Crippen MR) is 32.7 cm³/mol. The molecule has 0 aromatic heterocycles. The van der Waals surface area contributed by atoms with Gasteiger partial charge in [0.15, 0.2) is 0 Å². The van der Waals surface area contributed by atoms with Gasteiger partial charge in [-0.25, -0.2) is 0 Å². The van der Waals surface area contributed by atoms with Crippen LogP contribution in [-0.4, -0.2) is 16.6 Å². The number of hydrogen-bond acceptors (Lipinski definition) is 1. The van der Waals surface area contributed by atoms with E-state index in [2.05, 4.69) is 11.8 Å². The molecule has 1 aliphatic rings. The van der Waals surface area contributed by atoms with Crippen LogP contribution in [0.5, 0.6) is 0 Å². The van der Waals surface area contributed by atoms with Crippen molar-refractivity contribution in [3.63, 3.8) is 0 Å². The van der Waals surface area contributed by atoms with Crippen molar-refractivity contribution >= 4 is 11.6 Å². The Hall–Kier alpha value is -0.190. The first-order valence-electron chi connectivity index (χ1n) is 2.61. The molecule has 2 atom stereocenters. The number of halogens is 1. The molecule has 1 aliphatic carbocycles. The lowest BCUT2D eigenvalue weighted by Crippen LogP contribution is -2.21. The second-order valence-electron chi connectivity index (χ2n) is 1.83. The highest BCUT2D eigenvalue weighted by Gasteiger charge is 2.14. The van der Waals surface area contributed by atoms with Crippen molar-refractivity contribution in [1.29, 1.82) is 0 Å². The third-order valence-corrected chi connectivity index (χ3v) is 1.54. The van der Waals surface area contributed by atoms with Crippen molar-refractivity contribution in [3.05, 3.63) is 0 Å². The SMILES string of the molecule is OC1CCC#CC1Cl. The highest BCUT2D eigenvalue weighted by Crippen LogP contribution is 2.11. The van der Waals surface area contributed by atoms with Crippen molar-refractivity contribution in [2.75, 3.05) is 0 Å². The molecule has 0 amide bonds. The molecule has 0 aromatic rings. The van der Waals surface area contributed by atoms with Crippen molar-refractivity contribution in [3.8, 4) is 11.8 Å². The third-order valence-electron chi connectivity index (χ3n) is 1.14. The summed E-state index contributed by atoms with van der Waals surface area (Å²) in [5.41, 5.74) is 0. The van der Waals surface area contributed by atoms with Gasteiger partial charge in [-0.3, -0.25) is 0 Å². The van der Waals surface area contributed by atoms with E-state index in [4.69, 9.17) is 16.7 Å². The van der Waals surface area contributed by atoms with Crippen LogP contribution in [0.4, 0.5) is 0 Å². The summed E-state index contributed by atoms with van der Waals surface area (Å²) in [5, 5.41) is 8.61. The van der Waals surface area contributed by atoms with E-state index in [0.717, 1.165) is 12.8 Å². The molecule has 1 N–H and O–H groups in total. The second-order valence-corrected chi connectivity index (χ2v) is 2.30. The van der Waals surface area contributed by atoms with Crippen molar-refractivity contribution < 1.29 is 5.11 Å². The molecule has 0 saturated heterocycles. The minimum atomic E-state index is -0.405. The van der Waals surface area contributed by atoms with Gasteiger partial charge in [0.05, 0.1) is 6.10 Å². The van der Waals surface area contributed by atoms with Crippen molar-refractivity contribution in [2.24, 2.45) is 0 Å². The molecule has 2 heteroatoms. The van der Waals surface area contributed by atoms with Crippen LogP contribution < -0.4 is 0 Å². The fourth-order valence-electron chi connectivity index (χ4n) is 0.632. The van der Waals surface area contributed by atoms with Gasteiger partial charge >= 0.3 is 0 Å². The van der Waals surface area contributed by atoms with Crippen LogP contribution in [0.3, 0.4) is 0 Å². The Kier molecular flexibility index (Phi) is 1.77. The van der Waals surface area contributed by atoms with Gasteiger partial charge in [0.1, 0.15) is 5.38 Å². The molecule has 44 valence electrons. The van der Waals surface area contributed by atoms with Crippen molar-refractivity contribution in [1.82, 2.24) is 0 Å². The van der Waals surface area contributed by atoms with Crippen LogP contribution in [-0.2, 0) is 0 Å². The number of rotatable bonds is 0. The number of alkyl halides is 1. The van der Waals surface area contributed by atoms with Crippen LogP contribution in [0.25, 0.3) is 0 Å². The molecule has 0 radical (unpaired) electrons. The molecular weight excluding hydrogens is 124 g/mol. The number of hydrogen-bond donors (Lipinski definition) is 1. The molecule has 0 spiro atoms. The zero-order valence-electron chi connectivity index (χ0n) is 4.39. The average molecular weight is 131 g/mol. The third kappa shape index (κ3) is 1.15. The highest BCUT2D eigenvalue weighted by molar-refractivity contribution is 6.23. The van der Waals surface area contributed by atoms with Crippen LogP contribution in [0.2, 0.25) is 0 Å². The van der Waals surface area contributed by atoms with Gasteiger partial charge in [0.25, 0.3) is 0 Å². The maximum atomic E-state index is 8.94. The van der Waals surface area contributed by atoms with E-state index in [-0.39, 0.29) is 5.38 Å². The number of aliphatic hydroxyl groups is 1. The minimum Gasteiger partial charge on any atom is -0.391 e. The van der Waals surface area contributed by atoms with Crippen molar-refractivity contribution in [2.45, 2.75) is 24.3 Å². The molecular formula is C6H7ClO. The summed E-state index contributed by atoms with van der Waals surface area (Å²) in [6, 6.07) is 0. The lowest BCUT2D eigenvalue weighted by atomic mass is 10.1. The van der Waals surface area contributed by atoms with Crippen LogP contribution in [0.15, 0.2) is 0 Å². The Labute approximate surface area is 53.7 Å². The van der Waals surface area contributed by atoms with Gasteiger partial charge in [-0.2, -0.15) is 0 Å². The first kappa shape index (κ1) is 5.94. The summed E-state index contributed by atoms with van der Waals surface area (Å²) < 4.78 is 0. The van der Waals surface area contributed by atoms with Gasteiger partial charge in [-0.05, 0) is 6.42 Å². The van der Waals surface area contributed by atoms with E-state index in [1.165, 1.54) is 0 Å². The Morgan fingerprint density at radius 3 is 2.75 bits per heavy atom. The summed E-state index contributed by atoms with van der Waals surface area (Å²) in [5.74, 6) is 5.52. The van der Waals surface area contributed by atoms with Gasteiger partial charge in [0, 0.05) is 6.42 Å². The highest BCUT2D eigenvalue weighted by atomic mass is 35.5. The summed E-state index contributed by atoms with van der Waals surface area (Å²) in [7, 11) is 0. The molecule has 0 bridgehead atoms. The van der Waals surface area contributed by atoms with E-state index in [0.29, 0.717) is 0 Å². The number of aliphatic hydroxyl groups excluding tert-OH is 1. The largest absolute Gasteiger partial charge is 0.391 e. The minimum absolute atomic E-state index is 0.330. The van der Waals surface area contributed by atoms with E-state index in [1.807, 2.05) is 0 Å². The van der Waals surface area contributed by atoms with Crippen LogP contribution >= 0.6 is 11.6 Å². The standard InChI is InChI=1S/C6H7ClO/c7-5-3-1-2-4-6(5)8/h5-6,8H,2,4H2. The van der Waals surface area contributed by atoms with Crippen LogP contribution in [0.1, 0.15) is 12.8 Å².